The Balaban J connectivity index is 1.53. The Kier molecular flexibility index (Phi) is 8.34. The van der Waals surface area contributed by atoms with Crippen LogP contribution in [0.25, 0.3) is 11.1 Å². The van der Waals surface area contributed by atoms with E-state index in [-0.39, 0.29) is 6.42 Å². The highest BCUT2D eigenvalue weighted by Gasteiger charge is 2.20. The topological polar surface area (TPSA) is 37.3 Å². The van der Waals surface area contributed by atoms with E-state index in [9.17, 15) is 4.79 Å². The number of hydrogen-bond acceptors (Lipinski definition) is 1. The van der Waals surface area contributed by atoms with Crippen molar-refractivity contribution in [2.75, 3.05) is 0 Å². The van der Waals surface area contributed by atoms with Crippen LogP contribution in [0.1, 0.15) is 75.8 Å². The van der Waals surface area contributed by atoms with Crippen LogP contribution >= 0.6 is 0 Å². The zero-order chi connectivity index (χ0) is 20.5. The number of benzene rings is 2. The maximum Gasteiger partial charge on any atom is 0.303 e. The molecule has 2 nitrogen and oxygen atoms in total. The van der Waals surface area contributed by atoms with Crippen molar-refractivity contribution >= 4 is 5.97 Å². The summed E-state index contributed by atoms with van der Waals surface area (Å²) in [4.78, 5) is 10.8. The van der Waals surface area contributed by atoms with Gasteiger partial charge in [0, 0.05) is 6.42 Å². The molecule has 3 rings (SSSR count). The molecule has 0 aromatic heterocycles. The molecule has 0 heterocycles. The highest BCUT2D eigenvalue weighted by atomic mass is 16.4. The summed E-state index contributed by atoms with van der Waals surface area (Å²) < 4.78 is 0. The summed E-state index contributed by atoms with van der Waals surface area (Å²) in [5, 5.41) is 8.89. The minimum Gasteiger partial charge on any atom is -0.481 e. The van der Waals surface area contributed by atoms with Gasteiger partial charge in [-0.15, -0.1) is 0 Å². The first-order valence-electron chi connectivity index (χ1n) is 11.5. The van der Waals surface area contributed by atoms with Gasteiger partial charge in [-0.1, -0.05) is 94.0 Å². The second kappa shape index (κ2) is 11.2. The fourth-order valence-electron chi connectivity index (χ4n) is 4.89. The average Bonchev–Trinajstić information content (AvgIpc) is 2.74. The van der Waals surface area contributed by atoms with Crippen LogP contribution in [0.3, 0.4) is 0 Å². The predicted molar refractivity (Wildman–Crippen MR) is 121 cm³/mol. The molecule has 2 heteroatoms. The first-order valence-corrected chi connectivity index (χ1v) is 11.5. The van der Waals surface area contributed by atoms with E-state index in [1.165, 1.54) is 73.6 Å². The van der Waals surface area contributed by atoms with Crippen molar-refractivity contribution < 1.29 is 9.90 Å². The normalized spacial score (nSPS) is 19.2. The standard InChI is InChI=1S/C27H36O2/c1-2-6-21-11-13-22(14-12-21)15-16-23-17-19-25(20-18-23)26-9-4-3-7-24(26)8-5-10-27(28)29/h3-4,7,9,17-22H,2,5-6,8,10-16H2,1H3,(H,28,29)/t21-,22-. The first-order chi connectivity index (χ1) is 14.2. The van der Waals surface area contributed by atoms with Crippen LogP contribution in [0.2, 0.25) is 0 Å². The second-order valence-electron chi connectivity index (χ2n) is 8.82. The van der Waals surface area contributed by atoms with Crippen LogP contribution in [0.4, 0.5) is 0 Å². The number of carboxylic acid groups (broad SMARTS) is 1. The third-order valence-corrected chi connectivity index (χ3v) is 6.62. The molecule has 1 saturated carbocycles. The third kappa shape index (κ3) is 6.73. The molecule has 0 saturated heterocycles. The number of carboxylic acids is 1. The monoisotopic (exact) mass is 392 g/mol. The van der Waals surface area contributed by atoms with E-state index < -0.39 is 5.97 Å². The zero-order valence-corrected chi connectivity index (χ0v) is 17.9. The van der Waals surface area contributed by atoms with Crippen molar-refractivity contribution in [3.05, 3.63) is 59.7 Å². The predicted octanol–water partition coefficient (Wildman–Crippen LogP) is 7.30. The van der Waals surface area contributed by atoms with Crippen molar-refractivity contribution in [1.29, 1.82) is 0 Å². The van der Waals surface area contributed by atoms with Gasteiger partial charge in [0.25, 0.3) is 0 Å². The number of aliphatic carboxylic acids is 1. The van der Waals surface area contributed by atoms with Crippen LogP contribution in [-0.4, -0.2) is 11.1 Å². The zero-order valence-electron chi connectivity index (χ0n) is 17.9. The lowest BCUT2D eigenvalue weighted by Crippen LogP contribution is -2.15. The number of aryl methyl sites for hydroxylation is 2. The summed E-state index contributed by atoms with van der Waals surface area (Å²) >= 11 is 0. The molecule has 0 amide bonds. The molecule has 2 aromatic carbocycles. The van der Waals surface area contributed by atoms with E-state index in [1.54, 1.807) is 0 Å². The van der Waals surface area contributed by atoms with E-state index in [1.807, 2.05) is 6.07 Å². The highest BCUT2D eigenvalue weighted by molar-refractivity contribution is 5.68. The van der Waals surface area contributed by atoms with E-state index in [4.69, 9.17) is 5.11 Å². The SMILES string of the molecule is CCC[C@H]1CC[C@H](CCc2ccc(-c3ccccc3CCCC(=O)O)cc2)CC1. The Morgan fingerprint density at radius 1 is 0.897 bits per heavy atom. The summed E-state index contributed by atoms with van der Waals surface area (Å²) in [6, 6.07) is 17.4. The fourth-order valence-corrected chi connectivity index (χ4v) is 4.89. The molecule has 0 aliphatic heterocycles. The van der Waals surface area contributed by atoms with Gasteiger partial charge < -0.3 is 5.11 Å². The van der Waals surface area contributed by atoms with E-state index in [2.05, 4.69) is 49.4 Å². The second-order valence-corrected chi connectivity index (χ2v) is 8.82. The van der Waals surface area contributed by atoms with Gasteiger partial charge >= 0.3 is 5.97 Å². The van der Waals surface area contributed by atoms with Gasteiger partial charge in [0.2, 0.25) is 0 Å². The van der Waals surface area contributed by atoms with Crippen molar-refractivity contribution in [1.82, 2.24) is 0 Å². The van der Waals surface area contributed by atoms with Gasteiger partial charge in [-0.05, 0) is 59.8 Å². The molecule has 1 N–H and O–H groups in total. The third-order valence-electron chi connectivity index (χ3n) is 6.62. The Hall–Kier alpha value is -2.09. The Bertz CT molecular complexity index is 754. The summed E-state index contributed by atoms with van der Waals surface area (Å²) in [6.45, 7) is 2.31. The molecular formula is C27H36O2. The molecule has 0 unspecified atom stereocenters. The molecule has 1 aliphatic rings. The van der Waals surface area contributed by atoms with Crippen LogP contribution < -0.4 is 0 Å². The summed E-state index contributed by atoms with van der Waals surface area (Å²) in [5.41, 5.74) is 5.15. The van der Waals surface area contributed by atoms with Crippen LogP contribution in [0.5, 0.6) is 0 Å². The van der Waals surface area contributed by atoms with Gasteiger partial charge in [-0.3, -0.25) is 4.79 Å². The van der Waals surface area contributed by atoms with Gasteiger partial charge in [-0.25, -0.2) is 0 Å². The summed E-state index contributed by atoms with van der Waals surface area (Å²) in [6.07, 6.45) is 12.7. The lowest BCUT2D eigenvalue weighted by Gasteiger charge is -2.28. The Labute approximate surface area is 176 Å². The number of rotatable bonds is 10. The van der Waals surface area contributed by atoms with Crippen LogP contribution in [0.15, 0.2) is 48.5 Å². The molecule has 2 aromatic rings. The lowest BCUT2D eigenvalue weighted by atomic mass is 9.78. The van der Waals surface area contributed by atoms with E-state index in [0.29, 0.717) is 6.42 Å². The maximum atomic E-state index is 10.8. The molecular weight excluding hydrogens is 356 g/mol. The van der Waals surface area contributed by atoms with Crippen molar-refractivity contribution in [3.8, 4) is 11.1 Å². The first kappa shape index (κ1) is 21.6. The smallest absolute Gasteiger partial charge is 0.303 e. The van der Waals surface area contributed by atoms with Gasteiger partial charge in [-0.2, -0.15) is 0 Å². The van der Waals surface area contributed by atoms with Gasteiger partial charge in [0.1, 0.15) is 0 Å². The molecule has 0 radical (unpaired) electrons. The molecule has 0 spiro atoms. The van der Waals surface area contributed by atoms with Gasteiger partial charge in [0.15, 0.2) is 0 Å². The average molecular weight is 393 g/mol. The molecule has 156 valence electrons. The Morgan fingerprint density at radius 3 is 2.21 bits per heavy atom. The molecule has 1 fully saturated rings. The molecule has 0 atom stereocenters. The number of carbonyl (C=O) groups is 1. The van der Waals surface area contributed by atoms with E-state index in [0.717, 1.165) is 18.3 Å². The quantitative estimate of drug-likeness (QED) is 0.460. The van der Waals surface area contributed by atoms with E-state index >= 15 is 0 Å². The van der Waals surface area contributed by atoms with Crippen molar-refractivity contribution in [2.45, 2.75) is 77.6 Å². The van der Waals surface area contributed by atoms with Crippen LogP contribution in [-0.2, 0) is 17.6 Å². The Morgan fingerprint density at radius 2 is 1.55 bits per heavy atom. The maximum absolute atomic E-state index is 10.8. The highest BCUT2D eigenvalue weighted by Crippen LogP contribution is 2.34. The number of hydrogen-bond donors (Lipinski definition) is 1. The van der Waals surface area contributed by atoms with Crippen molar-refractivity contribution in [3.63, 3.8) is 0 Å². The lowest BCUT2D eigenvalue weighted by molar-refractivity contribution is -0.137. The van der Waals surface area contributed by atoms with Crippen molar-refractivity contribution in [2.24, 2.45) is 11.8 Å². The summed E-state index contributed by atoms with van der Waals surface area (Å²) in [5.74, 6) is 1.19. The minimum absolute atomic E-state index is 0.230. The molecule has 0 bridgehead atoms. The molecule has 29 heavy (non-hydrogen) atoms. The minimum atomic E-state index is -0.717. The fraction of sp³-hybridized carbons (Fsp3) is 0.519. The van der Waals surface area contributed by atoms with Gasteiger partial charge in [0.05, 0.1) is 0 Å². The van der Waals surface area contributed by atoms with Crippen LogP contribution in [0, 0.1) is 11.8 Å². The largest absolute Gasteiger partial charge is 0.481 e. The molecule has 1 aliphatic carbocycles. The summed E-state index contributed by atoms with van der Waals surface area (Å²) in [7, 11) is 0.